The maximum absolute atomic E-state index is 11.1. The second kappa shape index (κ2) is 2.71. The number of hydrogen-bond donors (Lipinski definition) is 1. The summed E-state index contributed by atoms with van der Waals surface area (Å²) in [5.41, 5.74) is 0.128. The summed E-state index contributed by atoms with van der Waals surface area (Å²) < 4.78 is 5.19. The molecule has 0 radical (unpaired) electrons. The van der Waals surface area contributed by atoms with Gasteiger partial charge in [-0.1, -0.05) is 6.92 Å². The van der Waals surface area contributed by atoms with Crippen LogP contribution in [0.5, 0.6) is 0 Å². The first kappa shape index (κ1) is 8.01. The molecular weight excluding hydrogens is 156 g/mol. The highest BCUT2D eigenvalue weighted by Gasteiger charge is 2.46. The summed E-state index contributed by atoms with van der Waals surface area (Å²) in [6.07, 6.45) is 0. The van der Waals surface area contributed by atoms with Crippen molar-refractivity contribution < 1.29 is 9.53 Å². The Hall–Kier alpha value is -0.610. The zero-order valence-electron chi connectivity index (χ0n) is 7.30. The van der Waals surface area contributed by atoms with Gasteiger partial charge in [-0.05, 0) is 6.54 Å². The number of ether oxygens (including phenoxy) is 1. The van der Waals surface area contributed by atoms with Gasteiger partial charge in [-0.2, -0.15) is 0 Å². The number of hydrogen-bond acceptors (Lipinski definition) is 3. The first-order valence-electron chi connectivity index (χ1n) is 4.36. The molecule has 2 aliphatic rings. The second-order valence-electron chi connectivity index (χ2n) is 3.51. The number of piperazine rings is 1. The molecule has 0 aromatic heterocycles. The van der Waals surface area contributed by atoms with Crippen LogP contribution in [0.4, 0.5) is 0 Å². The third-order valence-corrected chi connectivity index (χ3v) is 2.74. The highest BCUT2D eigenvalue weighted by Crippen LogP contribution is 2.25. The Balaban J connectivity index is 2.07. The lowest BCUT2D eigenvalue weighted by atomic mass is 9.92. The van der Waals surface area contributed by atoms with Gasteiger partial charge >= 0.3 is 0 Å². The first-order valence-corrected chi connectivity index (χ1v) is 4.36. The second-order valence-corrected chi connectivity index (χ2v) is 3.51. The molecule has 0 aromatic rings. The van der Waals surface area contributed by atoms with E-state index in [1.54, 1.807) is 0 Å². The first-order chi connectivity index (χ1) is 5.77. The molecule has 1 spiro atoms. The molecule has 68 valence electrons. The van der Waals surface area contributed by atoms with Gasteiger partial charge in [-0.25, -0.2) is 0 Å². The van der Waals surface area contributed by atoms with E-state index in [4.69, 9.17) is 4.74 Å². The minimum atomic E-state index is 0.128. The van der Waals surface area contributed by atoms with Gasteiger partial charge in [0.25, 0.3) is 0 Å². The fourth-order valence-corrected chi connectivity index (χ4v) is 1.84. The number of carbonyl (C=O) groups is 1. The van der Waals surface area contributed by atoms with Gasteiger partial charge in [0.15, 0.2) is 0 Å². The third kappa shape index (κ3) is 1.03. The predicted octanol–water partition coefficient (Wildman–Crippen LogP) is -0.793. The number of amides is 1. The SMILES string of the molecule is CCN1CC(=O)NCC12COC2. The summed E-state index contributed by atoms with van der Waals surface area (Å²) in [5.74, 6) is 0.134. The average Bonchev–Trinajstić information content (AvgIpc) is 2.01. The molecule has 0 bridgehead atoms. The Bertz CT molecular complexity index is 201. The van der Waals surface area contributed by atoms with Crippen LogP contribution in [0.15, 0.2) is 0 Å². The van der Waals surface area contributed by atoms with Crippen molar-refractivity contribution in [2.75, 3.05) is 32.8 Å². The Morgan fingerprint density at radius 1 is 1.67 bits per heavy atom. The lowest BCUT2D eigenvalue weighted by Gasteiger charge is -2.51. The van der Waals surface area contributed by atoms with E-state index in [1.807, 2.05) is 0 Å². The van der Waals surface area contributed by atoms with Gasteiger partial charge < -0.3 is 10.1 Å². The van der Waals surface area contributed by atoms with Gasteiger partial charge in [0.05, 0.1) is 25.3 Å². The molecule has 4 nitrogen and oxygen atoms in total. The molecule has 2 saturated heterocycles. The highest BCUT2D eigenvalue weighted by molar-refractivity contribution is 5.79. The maximum atomic E-state index is 11.1. The van der Waals surface area contributed by atoms with Crippen LogP contribution in [0.25, 0.3) is 0 Å². The van der Waals surface area contributed by atoms with E-state index < -0.39 is 0 Å². The molecule has 12 heavy (non-hydrogen) atoms. The van der Waals surface area contributed by atoms with Crippen molar-refractivity contribution in [2.45, 2.75) is 12.5 Å². The van der Waals surface area contributed by atoms with Crippen LogP contribution >= 0.6 is 0 Å². The van der Waals surface area contributed by atoms with E-state index in [1.165, 1.54) is 0 Å². The van der Waals surface area contributed by atoms with Crippen molar-refractivity contribution in [1.29, 1.82) is 0 Å². The van der Waals surface area contributed by atoms with Crippen LogP contribution in [0, 0.1) is 0 Å². The van der Waals surface area contributed by atoms with Crippen molar-refractivity contribution in [1.82, 2.24) is 10.2 Å². The number of nitrogens with zero attached hydrogens (tertiary/aromatic N) is 1. The van der Waals surface area contributed by atoms with Gasteiger partial charge in [-0.15, -0.1) is 0 Å². The smallest absolute Gasteiger partial charge is 0.234 e. The van der Waals surface area contributed by atoms with E-state index in [9.17, 15) is 4.79 Å². The van der Waals surface area contributed by atoms with Gasteiger partial charge in [0.1, 0.15) is 0 Å². The van der Waals surface area contributed by atoms with E-state index in [0.29, 0.717) is 6.54 Å². The van der Waals surface area contributed by atoms with Gasteiger partial charge in [0, 0.05) is 6.54 Å². The zero-order chi connectivity index (χ0) is 8.60. The lowest BCUT2D eigenvalue weighted by Crippen LogP contribution is -2.72. The fourth-order valence-electron chi connectivity index (χ4n) is 1.84. The average molecular weight is 170 g/mol. The summed E-state index contributed by atoms with van der Waals surface area (Å²) in [6.45, 7) is 5.82. The molecule has 0 unspecified atom stereocenters. The van der Waals surface area contributed by atoms with Crippen LogP contribution < -0.4 is 5.32 Å². The van der Waals surface area contributed by atoms with Crippen molar-refractivity contribution in [2.24, 2.45) is 0 Å². The van der Waals surface area contributed by atoms with Crippen molar-refractivity contribution in [3.05, 3.63) is 0 Å². The Morgan fingerprint density at radius 2 is 2.42 bits per heavy atom. The third-order valence-electron chi connectivity index (χ3n) is 2.74. The summed E-state index contributed by atoms with van der Waals surface area (Å²) in [5, 5.41) is 2.88. The summed E-state index contributed by atoms with van der Waals surface area (Å²) in [6, 6.07) is 0. The van der Waals surface area contributed by atoms with Crippen molar-refractivity contribution in [3.8, 4) is 0 Å². The molecule has 0 aromatic carbocycles. The quantitative estimate of drug-likeness (QED) is 0.560. The lowest BCUT2D eigenvalue weighted by molar-refractivity contribution is -0.161. The predicted molar refractivity (Wildman–Crippen MR) is 43.8 cm³/mol. The molecule has 2 rings (SSSR count). The van der Waals surface area contributed by atoms with Gasteiger partial charge in [0.2, 0.25) is 5.91 Å². The van der Waals surface area contributed by atoms with Crippen LogP contribution in [-0.2, 0) is 9.53 Å². The van der Waals surface area contributed by atoms with Gasteiger partial charge in [-0.3, -0.25) is 9.69 Å². The molecule has 2 aliphatic heterocycles. The van der Waals surface area contributed by atoms with Crippen molar-refractivity contribution >= 4 is 5.91 Å². The van der Waals surface area contributed by atoms with Crippen LogP contribution in [-0.4, -0.2) is 49.2 Å². The largest absolute Gasteiger partial charge is 0.377 e. The molecular formula is C8H14N2O2. The van der Waals surface area contributed by atoms with E-state index >= 15 is 0 Å². The standard InChI is InChI=1S/C8H14N2O2/c1-2-10-3-7(11)9-4-8(10)5-12-6-8/h2-6H2,1H3,(H,9,11). The minimum Gasteiger partial charge on any atom is -0.377 e. The summed E-state index contributed by atoms with van der Waals surface area (Å²) in [4.78, 5) is 13.3. The van der Waals surface area contributed by atoms with Crippen LogP contribution in [0.1, 0.15) is 6.92 Å². The minimum absolute atomic E-state index is 0.128. The molecule has 0 atom stereocenters. The highest BCUT2D eigenvalue weighted by atomic mass is 16.5. The van der Waals surface area contributed by atoms with Crippen LogP contribution in [0.2, 0.25) is 0 Å². The molecule has 4 heteroatoms. The normalized spacial score (nSPS) is 28.2. The molecule has 0 aliphatic carbocycles. The van der Waals surface area contributed by atoms with Crippen molar-refractivity contribution in [3.63, 3.8) is 0 Å². The monoisotopic (exact) mass is 170 g/mol. The summed E-state index contributed by atoms with van der Waals surface area (Å²) in [7, 11) is 0. The Morgan fingerprint density at radius 3 is 2.92 bits per heavy atom. The molecule has 1 N–H and O–H groups in total. The van der Waals surface area contributed by atoms with E-state index in [2.05, 4.69) is 17.1 Å². The number of carbonyl (C=O) groups excluding carboxylic acids is 1. The Kier molecular flexibility index (Phi) is 1.81. The molecule has 1 amide bonds. The Labute approximate surface area is 71.9 Å². The molecule has 0 saturated carbocycles. The topological polar surface area (TPSA) is 41.6 Å². The molecule has 2 heterocycles. The van der Waals surface area contributed by atoms with Crippen LogP contribution in [0.3, 0.4) is 0 Å². The summed E-state index contributed by atoms with van der Waals surface area (Å²) >= 11 is 0. The zero-order valence-corrected chi connectivity index (χ0v) is 7.30. The fraction of sp³-hybridized carbons (Fsp3) is 0.875. The number of rotatable bonds is 1. The maximum Gasteiger partial charge on any atom is 0.234 e. The number of likely N-dealkylation sites (N-methyl/N-ethyl adjacent to an activating group) is 1. The van der Waals surface area contributed by atoms with E-state index in [-0.39, 0.29) is 11.4 Å². The van der Waals surface area contributed by atoms with E-state index in [0.717, 1.165) is 26.3 Å². The molecule has 2 fully saturated rings. The number of nitrogens with one attached hydrogen (secondary N) is 1.